The summed E-state index contributed by atoms with van der Waals surface area (Å²) < 4.78 is 43.9. The van der Waals surface area contributed by atoms with Gasteiger partial charge in [0.1, 0.15) is 0 Å². The van der Waals surface area contributed by atoms with E-state index in [4.69, 9.17) is 4.74 Å². The van der Waals surface area contributed by atoms with E-state index in [1.807, 2.05) is 20.0 Å². The summed E-state index contributed by atoms with van der Waals surface area (Å²) in [5, 5.41) is 4.24. The number of pyridine rings is 1. The number of halogens is 3. The highest BCUT2D eigenvalue weighted by Gasteiger charge is 2.31. The molecule has 0 amide bonds. The third kappa shape index (κ3) is 3.20. The number of fused-ring (bicyclic) bond motifs is 1. The molecule has 1 aliphatic heterocycles. The summed E-state index contributed by atoms with van der Waals surface area (Å²) in [6, 6.07) is 1.92. The van der Waals surface area contributed by atoms with Crippen molar-refractivity contribution >= 4 is 5.71 Å². The highest BCUT2D eigenvalue weighted by atomic mass is 19.4. The minimum absolute atomic E-state index is 0.0478. The zero-order valence-electron chi connectivity index (χ0n) is 12.6. The van der Waals surface area contributed by atoms with Crippen LogP contribution in [0.5, 0.6) is 5.88 Å². The highest BCUT2D eigenvalue weighted by molar-refractivity contribution is 6.16. The third-order valence-electron chi connectivity index (χ3n) is 3.42. The van der Waals surface area contributed by atoms with Crippen LogP contribution in [0.1, 0.15) is 36.6 Å². The van der Waals surface area contributed by atoms with Crippen molar-refractivity contribution in [2.45, 2.75) is 32.6 Å². The Morgan fingerprint density at radius 1 is 1.35 bits per heavy atom. The summed E-state index contributed by atoms with van der Waals surface area (Å²) in [4.78, 5) is 8.35. The molecule has 0 aromatic carbocycles. The van der Waals surface area contributed by atoms with Crippen LogP contribution in [0.25, 0.3) is 0 Å². The van der Waals surface area contributed by atoms with E-state index in [2.05, 4.69) is 15.1 Å². The average Bonchev–Trinajstić information content (AvgIpc) is 3.10. The van der Waals surface area contributed by atoms with E-state index in [1.165, 1.54) is 6.20 Å². The molecule has 23 heavy (non-hydrogen) atoms. The Balaban J connectivity index is 1.94. The van der Waals surface area contributed by atoms with Crippen molar-refractivity contribution in [2.24, 2.45) is 4.99 Å². The Kier molecular flexibility index (Phi) is 3.83. The van der Waals surface area contributed by atoms with Crippen LogP contribution in [0, 0.1) is 0 Å². The van der Waals surface area contributed by atoms with Gasteiger partial charge in [0, 0.05) is 24.0 Å². The molecule has 3 heterocycles. The molecule has 0 fully saturated rings. The van der Waals surface area contributed by atoms with Gasteiger partial charge in [0.05, 0.1) is 24.0 Å². The number of nitrogens with zero attached hydrogens (tertiary/aromatic N) is 4. The molecule has 0 spiro atoms. The predicted molar refractivity (Wildman–Crippen MR) is 77.7 cm³/mol. The Morgan fingerprint density at radius 3 is 2.78 bits per heavy atom. The van der Waals surface area contributed by atoms with E-state index < -0.39 is 12.8 Å². The number of hydrogen-bond donors (Lipinski definition) is 0. The predicted octanol–water partition coefficient (Wildman–Crippen LogP) is 3.15. The molecule has 0 aliphatic carbocycles. The maximum absolute atomic E-state index is 12.4. The first-order chi connectivity index (χ1) is 10.8. The second-order valence-electron chi connectivity index (χ2n) is 5.52. The second-order valence-corrected chi connectivity index (χ2v) is 5.52. The molecule has 3 rings (SSSR count). The topological polar surface area (TPSA) is 52.3 Å². The summed E-state index contributed by atoms with van der Waals surface area (Å²) in [5.41, 5.74) is 2.61. The minimum atomic E-state index is -4.41. The van der Waals surface area contributed by atoms with Crippen LogP contribution in [-0.2, 0) is 6.54 Å². The van der Waals surface area contributed by atoms with Crippen LogP contribution < -0.4 is 4.74 Å². The molecule has 2 aromatic rings. The average molecular weight is 324 g/mol. The molecule has 8 heteroatoms. The smallest absolute Gasteiger partial charge is 0.422 e. The number of alkyl halides is 3. The lowest BCUT2D eigenvalue weighted by molar-refractivity contribution is -0.154. The number of aliphatic imine (C=N–C) groups is 1. The van der Waals surface area contributed by atoms with Gasteiger partial charge in [0.25, 0.3) is 0 Å². The number of hydrogen-bond acceptors (Lipinski definition) is 4. The maximum atomic E-state index is 12.4. The van der Waals surface area contributed by atoms with E-state index in [9.17, 15) is 13.2 Å². The fourth-order valence-electron chi connectivity index (χ4n) is 2.35. The first-order valence-corrected chi connectivity index (χ1v) is 7.12. The van der Waals surface area contributed by atoms with Gasteiger partial charge in [-0.15, -0.1) is 0 Å². The molecule has 0 atom stereocenters. The molecule has 0 radical (unpaired) electrons. The van der Waals surface area contributed by atoms with E-state index in [1.54, 1.807) is 16.9 Å². The van der Waals surface area contributed by atoms with Crippen LogP contribution in [-0.4, -0.2) is 33.3 Å². The number of ether oxygens (including phenoxy) is 1. The molecule has 1 aliphatic rings. The first-order valence-electron chi connectivity index (χ1n) is 7.12. The molecule has 0 saturated carbocycles. The molecular weight excluding hydrogens is 309 g/mol. The van der Waals surface area contributed by atoms with Gasteiger partial charge in [-0.3, -0.25) is 9.67 Å². The summed E-state index contributed by atoms with van der Waals surface area (Å²) in [6.45, 7) is 2.98. The van der Waals surface area contributed by atoms with Crippen molar-refractivity contribution in [3.8, 4) is 5.88 Å². The fourth-order valence-corrected chi connectivity index (χ4v) is 2.35. The molecule has 0 saturated heterocycles. The summed E-state index contributed by atoms with van der Waals surface area (Å²) >= 11 is 0. The van der Waals surface area contributed by atoms with Crippen molar-refractivity contribution in [3.63, 3.8) is 0 Å². The minimum Gasteiger partial charge on any atom is -0.468 e. The van der Waals surface area contributed by atoms with Crippen LogP contribution in [0.15, 0.2) is 29.6 Å². The number of aromatic nitrogens is 3. The summed E-state index contributed by atoms with van der Waals surface area (Å²) in [6.07, 6.45) is 0.483. The lowest BCUT2D eigenvalue weighted by atomic mass is 10.0. The SMILES string of the molecule is CC(C)n1cc(C2=NCc3ccnc(OCC(F)(F)F)c32)cn1. The van der Waals surface area contributed by atoms with Crippen molar-refractivity contribution in [1.82, 2.24) is 14.8 Å². The Morgan fingerprint density at radius 2 is 2.13 bits per heavy atom. The van der Waals surface area contributed by atoms with Gasteiger partial charge >= 0.3 is 6.18 Å². The summed E-state index contributed by atoms with van der Waals surface area (Å²) in [5.74, 6) is -0.0478. The van der Waals surface area contributed by atoms with Crippen molar-refractivity contribution < 1.29 is 17.9 Å². The van der Waals surface area contributed by atoms with Gasteiger partial charge in [0.2, 0.25) is 5.88 Å². The molecule has 0 bridgehead atoms. The zero-order chi connectivity index (χ0) is 16.6. The highest BCUT2D eigenvalue weighted by Crippen LogP contribution is 2.30. The van der Waals surface area contributed by atoms with E-state index in [0.29, 0.717) is 17.8 Å². The van der Waals surface area contributed by atoms with Crippen LogP contribution >= 0.6 is 0 Å². The fraction of sp³-hybridized carbons (Fsp3) is 0.400. The van der Waals surface area contributed by atoms with Crippen LogP contribution in [0.2, 0.25) is 0 Å². The zero-order valence-corrected chi connectivity index (χ0v) is 12.6. The molecule has 5 nitrogen and oxygen atoms in total. The second kappa shape index (κ2) is 5.68. The normalized spacial score (nSPS) is 14.1. The Bertz CT molecular complexity index is 749. The van der Waals surface area contributed by atoms with Crippen molar-refractivity contribution in [1.29, 1.82) is 0 Å². The van der Waals surface area contributed by atoms with Crippen molar-refractivity contribution in [3.05, 3.63) is 41.3 Å². The lowest BCUT2D eigenvalue weighted by Gasteiger charge is -2.12. The van der Waals surface area contributed by atoms with Gasteiger partial charge in [-0.05, 0) is 25.5 Å². The van der Waals surface area contributed by atoms with Crippen LogP contribution in [0.3, 0.4) is 0 Å². The van der Waals surface area contributed by atoms with Crippen LogP contribution in [0.4, 0.5) is 13.2 Å². The molecular formula is C15H15F3N4O. The van der Waals surface area contributed by atoms with Crippen molar-refractivity contribution in [2.75, 3.05) is 6.61 Å². The van der Waals surface area contributed by atoms with Gasteiger partial charge < -0.3 is 4.74 Å². The van der Waals surface area contributed by atoms with Gasteiger partial charge in [0.15, 0.2) is 6.61 Å². The third-order valence-corrected chi connectivity index (χ3v) is 3.42. The number of rotatable bonds is 4. The largest absolute Gasteiger partial charge is 0.468 e. The van der Waals surface area contributed by atoms with E-state index >= 15 is 0 Å². The lowest BCUT2D eigenvalue weighted by Crippen LogP contribution is -2.21. The van der Waals surface area contributed by atoms with E-state index in [0.717, 1.165) is 11.1 Å². The molecule has 2 aromatic heterocycles. The Labute approximate surface area is 130 Å². The molecule has 0 N–H and O–H groups in total. The molecule has 0 unspecified atom stereocenters. The van der Waals surface area contributed by atoms with Gasteiger partial charge in [-0.25, -0.2) is 4.98 Å². The maximum Gasteiger partial charge on any atom is 0.422 e. The molecule has 122 valence electrons. The standard InChI is InChI=1S/C15H15F3N4O/c1-9(2)22-7-11(6-21-22)13-12-10(5-20-13)3-4-19-14(12)23-8-15(16,17)18/h3-4,6-7,9H,5,8H2,1-2H3. The first kappa shape index (κ1) is 15.5. The van der Waals surface area contributed by atoms with E-state index in [-0.39, 0.29) is 11.9 Å². The Hall–Kier alpha value is -2.38. The quantitative estimate of drug-likeness (QED) is 0.868. The van der Waals surface area contributed by atoms with Gasteiger partial charge in [-0.2, -0.15) is 18.3 Å². The summed E-state index contributed by atoms with van der Waals surface area (Å²) in [7, 11) is 0. The monoisotopic (exact) mass is 324 g/mol. The van der Waals surface area contributed by atoms with Gasteiger partial charge in [-0.1, -0.05) is 0 Å².